The van der Waals surface area contributed by atoms with Gasteiger partial charge in [0.05, 0.1) is 13.3 Å². The van der Waals surface area contributed by atoms with E-state index in [1.54, 1.807) is 18.0 Å². The van der Waals surface area contributed by atoms with Gasteiger partial charge in [-0.25, -0.2) is 10.9 Å². The molecule has 1 aliphatic heterocycles. The van der Waals surface area contributed by atoms with Gasteiger partial charge >= 0.3 is 0 Å². The normalized spacial score (nSPS) is 20.0. The van der Waals surface area contributed by atoms with Crippen LogP contribution in [0.25, 0.3) is 0 Å². The van der Waals surface area contributed by atoms with E-state index in [0.29, 0.717) is 13.0 Å². The van der Waals surface area contributed by atoms with Gasteiger partial charge in [-0.2, -0.15) is 0 Å². The Kier molecular flexibility index (Phi) is 5.39. The van der Waals surface area contributed by atoms with E-state index in [9.17, 15) is 4.79 Å². The number of hydrogen-bond acceptors (Lipinski definition) is 6. The van der Waals surface area contributed by atoms with Crippen LogP contribution in [0.1, 0.15) is 24.4 Å². The van der Waals surface area contributed by atoms with Crippen molar-refractivity contribution in [2.75, 3.05) is 13.7 Å². The minimum Gasteiger partial charge on any atom is -0.497 e. The Bertz CT molecular complexity index is 643. The van der Waals surface area contributed by atoms with Crippen LogP contribution in [-0.2, 0) is 11.3 Å². The highest BCUT2D eigenvalue weighted by Crippen LogP contribution is 2.24. The van der Waals surface area contributed by atoms with E-state index < -0.39 is 0 Å². The molecule has 128 valence electrons. The van der Waals surface area contributed by atoms with Gasteiger partial charge in [0, 0.05) is 25.3 Å². The summed E-state index contributed by atoms with van der Waals surface area (Å²) >= 11 is 0. The molecule has 1 amide bonds. The Labute approximate surface area is 140 Å². The molecular formula is C16H22N6O2. The molecule has 1 saturated heterocycles. The lowest BCUT2D eigenvalue weighted by molar-refractivity contribution is -0.122. The lowest BCUT2D eigenvalue weighted by Gasteiger charge is -2.11. The number of hydrazine groups is 1. The van der Waals surface area contributed by atoms with Crippen molar-refractivity contribution in [2.24, 2.45) is 0 Å². The van der Waals surface area contributed by atoms with E-state index in [-0.39, 0.29) is 18.0 Å². The minimum atomic E-state index is -0.233. The first kappa shape index (κ1) is 16.4. The summed E-state index contributed by atoms with van der Waals surface area (Å²) in [5, 5.41) is 10.6. The highest BCUT2D eigenvalue weighted by atomic mass is 16.5. The number of aryl methyl sites for hydroxylation is 1. The molecule has 0 bridgehead atoms. The molecule has 1 aromatic carbocycles. The molecule has 8 nitrogen and oxygen atoms in total. The number of carbonyl (C=O) groups excluding carboxylic acids is 1. The quantitative estimate of drug-likeness (QED) is 0.637. The number of nitrogens with one attached hydrogen (secondary N) is 3. The number of benzene rings is 1. The predicted octanol–water partition coefficient (Wildman–Crippen LogP) is 0.401. The number of carbonyl (C=O) groups is 1. The number of rotatable bonds is 7. The standard InChI is InChI=1S/C16H22N6O2/c1-24-13-5-3-12(4-6-13)14-11-15(20-19-14)16(23)17-7-2-9-22-10-8-18-21-22/h3-6,8,10,14-15,19-20H,2,7,9,11H2,1H3,(H,17,23). The second-order valence-electron chi connectivity index (χ2n) is 5.71. The number of methoxy groups -OCH3 is 1. The van der Waals surface area contributed by atoms with Gasteiger partial charge in [0.15, 0.2) is 0 Å². The summed E-state index contributed by atoms with van der Waals surface area (Å²) in [7, 11) is 1.65. The molecule has 0 saturated carbocycles. The van der Waals surface area contributed by atoms with Crippen LogP contribution in [0.3, 0.4) is 0 Å². The average molecular weight is 330 g/mol. The molecule has 0 aliphatic carbocycles. The van der Waals surface area contributed by atoms with Crippen molar-refractivity contribution < 1.29 is 9.53 Å². The second kappa shape index (κ2) is 7.89. The highest BCUT2D eigenvalue weighted by molar-refractivity contribution is 5.82. The van der Waals surface area contributed by atoms with E-state index in [0.717, 1.165) is 24.3 Å². The molecule has 24 heavy (non-hydrogen) atoms. The summed E-state index contributed by atoms with van der Waals surface area (Å²) in [6.07, 6.45) is 4.98. The number of aromatic nitrogens is 3. The van der Waals surface area contributed by atoms with Crippen molar-refractivity contribution in [2.45, 2.75) is 31.5 Å². The van der Waals surface area contributed by atoms with E-state index in [1.165, 1.54) is 0 Å². The number of amides is 1. The fourth-order valence-corrected chi connectivity index (χ4v) is 2.71. The maximum atomic E-state index is 12.2. The van der Waals surface area contributed by atoms with Gasteiger partial charge in [0.25, 0.3) is 0 Å². The van der Waals surface area contributed by atoms with Crippen molar-refractivity contribution in [3.63, 3.8) is 0 Å². The largest absolute Gasteiger partial charge is 0.497 e. The first-order valence-electron chi connectivity index (χ1n) is 8.03. The average Bonchev–Trinajstić information content (AvgIpc) is 3.30. The summed E-state index contributed by atoms with van der Waals surface area (Å²) in [4.78, 5) is 12.2. The molecular weight excluding hydrogens is 308 g/mol. The van der Waals surface area contributed by atoms with Crippen molar-refractivity contribution in [3.8, 4) is 5.75 Å². The van der Waals surface area contributed by atoms with E-state index in [4.69, 9.17) is 4.74 Å². The van der Waals surface area contributed by atoms with Crippen LogP contribution in [0.4, 0.5) is 0 Å². The minimum absolute atomic E-state index is 0.0112. The molecule has 1 aliphatic rings. The van der Waals surface area contributed by atoms with Gasteiger partial charge in [-0.3, -0.25) is 9.48 Å². The number of hydrogen-bond donors (Lipinski definition) is 3. The molecule has 2 atom stereocenters. The van der Waals surface area contributed by atoms with Crippen molar-refractivity contribution in [1.29, 1.82) is 0 Å². The Morgan fingerprint density at radius 2 is 2.21 bits per heavy atom. The van der Waals surface area contributed by atoms with Crippen molar-refractivity contribution in [3.05, 3.63) is 42.2 Å². The number of ether oxygens (including phenoxy) is 1. The Hall–Kier alpha value is -2.45. The Morgan fingerprint density at radius 3 is 2.92 bits per heavy atom. The smallest absolute Gasteiger partial charge is 0.238 e. The van der Waals surface area contributed by atoms with E-state index in [1.807, 2.05) is 30.5 Å². The third-order valence-corrected chi connectivity index (χ3v) is 4.07. The summed E-state index contributed by atoms with van der Waals surface area (Å²) in [5.41, 5.74) is 7.38. The molecule has 3 rings (SSSR count). The van der Waals surface area contributed by atoms with Crippen molar-refractivity contribution >= 4 is 5.91 Å². The fourth-order valence-electron chi connectivity index (χ4n) is 2.71. The van der Waals surface area contributed by atoms with Crippen LogP contribution in [-0.4, -0.2) is 40.6 Å². The van der Waals surface area contributed by atoms with E-state index in [2.05, 4.69) is 26.5 Å². The third-order valence-electron chi connectivity index (χ3n) is 4.07. The molecule has 2 heterocycles. The first-order chi connectivity index (χ1) is 11.8. The Balaban J connectivity index is 1.41. The maximum absolute atomic E-state index is 12.2. The van der Waals surface area contributed by atoms with Crippen molar-refractivity contribution in [1.82, 2.24) is 31.2 Å². The van der Waals surface area contributed by atoms with Crippen LogP contribution in [0.2, 0.25) is 0 Å². The second-order valence-corrected chi connectivity index (χ2v) is 5.71. The molecule has 1 aromatic heterocycles. The van der Waals surface area contributed by atoms with E-state index >= 15 is 0 Å². The summed E-state index contributed by atoms with van der Waals surface area (Å²) in [6.45, 7) is 1.36. The van der Waals surface area contributed by atoms with Crippen LogP contribution in [0.5, 0.6) is 5.75 Å². The van der Waals surface area contributed by atoms with Gasteiger partial charge in [0.1, 0.15) is 11.8 Å². The lowest BCUT2D eigenvalue weighted by Crippen LogP contribution is -2.43. The van der Waals surface area contributed by atoms with Crippen LogP contribution in [0, 0.1) is 0 Å². The molecule has 2 aromatic rings. The lowest BCUT2D eigenvalue weighted by atomic mass is 10.0. The fraction of sp³-hybridized carbons (Fsp3) is 0.438. The maximum Gasteiger partial charge on any atom is 0.238 e. The van der Waals surface area contributed by atoms with Gasteiger partial charge in [-0.05, 0) is 30.5 Å². The molecule has 3 N–H and O–H groups in total. The highest BCUT2D eigenvalue weighted by Gasteiger charge is 2.29. The zero-order valence-corrected chi connectivity index (χ0v) is 13.6. The van der Waals surface area contributed by atoms with Crippen LogP contribution >= 0.6 is 0 Å². The summed E-state index contributed by atoms with van der Waals surface area (Å²) in [6, 6.07) is 7.75. The molecule has 0 radical (unpaired) electrons. The molecule has 0 spiro atoms. The van der Waals surface area contributed by atoms with Gasteiger partial charge in [-0.15, -0.1) is 5.10 Å². The summed E-state index contributed by atoms with van der Waals surface area (Å²) < 4.78 is 6.91. The van der Waals surface area contributed by atoms with Gasteiger partial charge < -0.3 is 10.1 Å². The Morgan fingerprint density at radius 1 is 1.38 bits per heavy atom. The monoisotopic (exact) mass is 330 g/mol. The third kappa shape index (κ3) is 4.09. The first-order valence-corrected chi connectivity index (χ1v) is 8.03. The zero-order chi connectivity index (χ0) is 16.8. The van der Waals surface area contributed by atoms with Gasteiger partial charge in [0.2, 0.25) is 5.91 Å². The van der Waals surface area contributed by atoms with Crippen LogP contribution < -0.4 is 20.9 Å². The SMILES string of the molecule is COc1ccc(C2CC(C(=O)NCCCn3ccnn3)NN2)cc1. The molecule has 8 heteroatoms. The molecule has 1 fully saturated rings. The van der Waals surface area contributed by atoms with Gasteiger partial charge in [-0.1, -0.05) is 17.3 Å². The number of nitrogens with zero attached hydrogens (tertiary/aromatic N) is 3. The predicted molar refractivity (Wildman–Crippen MR) is 88.1 cm³/mol. The topological polar surface area (TPSA) is 93.1 Å². The molecule has 2 unspecified atom stereocenters. The zero-order valence-electron chi connectivity index (χ0n) is 13.6. The summed E-state index contributed by atoms with van der Waals surface area (Å²) in [5.74, 6) is 0.837. The van der Waals surface area contributed by atoms with Crippen LogP contribution in [0.15, 0.2) is 36.7 Å².